The number of hydrogen-bond acceptors (Lipinski definition) is 5. The van der Waals surface area contributed by atoms with Gasteiger partial charge in [0.05, 0.1) is 0 Å². The van der Waals surface area contributed by atoms with Crippen LogP contribution in [0, 0.1) is 11.8 Å². The molecule has 0 spiro atoms. The van der Waals surface area contributed by atoms with Crippen molar-refractivity contribution in [1.29, 1.82) is 0 Å². The Morgan fingerprint density at radius 3 is 2.56 bits per heavy atom. The normalized spacial score (nSPS) is 35.9. The standard InChI is InChI=1S/C11H16N4S/c1-16-6-4-13-11(14-5-6)15-10-3-9(12)7-2-8(7)10/h4-5,7-10H,2-3,12H2,1H3,(H,13,14,15). The molecule has 16 heavy (non-hydrogen) atoms. The second kappa shape index (κ2) is 3.89. The van der Waals surface area contributed by atoms with Crippen LogP contribution < -0.4 is 11.1 Å². The van der Waals surface area contributed by atoms with Crippen molar-refractivity contribution in [3.8, 4) is 0 Å². The van der Waals surface area contributed by atoms with E-state index in [2.05, 4.69) is 15.3 Å². The van der Waals surface area contributed by atoms with Gasteiger partial charge in [0.2, 0.25) is 5.95 Å². The molecule has 4 unspecified atom stereocenters. The average molecular weight is 236 g/mol. The highest BCUT2D eigenvalue weighted by molar-refractivity contribution is 7.98. The van der Waals surface area contributed by atoms with E-state index in [-0.39, 0.29) is 0 Å². The van der Waals surface area contributed by atoms with Crippen LogP contribution in [0.2, 0.25) is 0 Å². The molecule has 2 aliphatic carbocycles. The molecule has 3 N–H and O–H groups in total. The minimum atomic E-state index is 0.382. The van der Waals surface area contributed by atoms with Gasteiger partial charge in [-0.25, -0.2) is 9.97 Å². The minimum absolute atomic E-state index is 0.382. The van der Waals surface area contributed by atoms with Crippen molar-refractivity contribution in [2.24, 2.45) is 17.6 Å². The van der Waals surface area contributed by atoms with Gasteiger partial charge in [-0.15, -0.1) is 11.8 Å². The quantitative estimate of drug-likeness (QED) is 0.776. The molecular weight excluding hydrogens is 220 g/mol. The Hall–Kier alpha value is -0.810. The molecule has 0 aromatic carbocycles. The molecule has 0 bridgehead atoms. The van der Waals surface area contributed by atoms with E-state index in [0.717, 1.165) is 29.1 Å². The highest BCUT2D eigenvalue weighted by Gasteiger charge is 2.53. The highest BCUT2D eigenvalue weighted by atomic mass is 32.2. The molecule has 0 radical (unpaired) electrons. The lowest BCUT2D eigenvalue weighted by molar-refractivity contribution is 0.585. The van der Waals surface area contributed by atoms with Crippen LogP contribution in [-0.2, 0) is 0 Å². The Morgan fingerprint density at radius 2 is 2.06 bits per heavy atom. The predicted octanol–water partition coefficient (Wildman–Crippen LogP) is 1.35. The number of fused-ring (bicyclic) bond motifs is 1. The molecule has 1 aromatic rings. The Kier molecular flexibility index (Phi) is 2.52. The molecule has 4 atom stereocenters. The summed E-state index contributed by atoms with van der Waals surface area (Å²) in [6.45, 7) is 0. The first-order chi connectivity index (χ1) is 7.78. The molecular formula is C11H16N4S. The summed E-state index contributed by atoms with van der Waals surface area (Å²) >= 11 is 1.66. The van der Waals surface area contributed by atoms with Gasteiger partial charge in [0.25, 0.3) is 0 Å². The molecule has 2 aliphatic rings. The lowest BCUT2D eigenvalue weighted by Crippen LogP contribution is -2.26. The van der Waals surface area contributed by atoms with Crippen LogP contribution >= 0.6 is 11.8 Å². The molecule has 1 aromatic heterocycles. The number of hydrogen-bond donors (Lipinski definition) is 2. The minimum Gasteiger partial charge on any atom is -0.351 e. The molecule has 3 rings (SSSR count). The van der Waals surface area contributed by atoms with Crippen LogP contribution in [-0.4, -0.2) is 28.3 Å². The summed E-state index contributed by atoms with van der Waals surface area (Å²) in [7, 11) is 0. The molecule has 0 aliphatic heterocycles. The van der Waals surface area contributed by atoms with Gasteiger partial charge in [-0.05, 0) is 30.9 Å². The van der Waals surface area contributed by atoms with Gasteiger partial charge >= 0.3 is 0 Å². The molecule has 0 saturated heterocycles. The summed E-state index contributed by atoms with van der Waals surface area (Å²) in [5.41, 5.74) is 6.03. The fourth-order valence-corrected chi connectivity index (χ4v) is 2.98. The van der Waals surface area contributed by atoms with Crippen molar-refractivity contribution in [3.63, 3.8) is 0 Å². The van der Waals surface area contributed by atoms with E-state index in [9.17, 15) is 0 Å². The fourth-order valence-electron chi connectivity index (χ4n) is 2.66. The molecule has 2 saturated carbocycles. The van der Waals surface area contributed by atoms with Crippen molar-refractivity contribution >= 4 is 17.7 Å². The second-order valence-electron chi connectivity index (χ2n) is 4.66. The summed E-state index contributed by atoms with van der Waals surface area (Å²) < 4.78 is 0. The smallest absolute Gasteiger partial charge is 0.222 e. The number of nitrogens with two attached hydrogens (primary N) is 1. The van der Waals surface area contributed by atoms with Crippen LogP contribution in [0.15, 0.2) is 17.3 Å². The van der Waals surface area contributed by atoms with E-state index in [0.29, 0.717) is 12.1 Å². The molecule has 0 amide bonds. The van der Waals surface area contributed by atoms with E-state index in [1.165, 1.54) is 6.42 Å². The Balaban J connectivity index is 1.65. The lowest BCUT2D eigenvalue weighted by atomic mass is 10.1. The maximum atomic E-state index is 6.03. The zero-order chi connectivity index (χ0) is 11.1. The van der Waals surface area contributed by atoms with Gasteiger partial charge < -0.3 is 11.1 Å². The van der Waals surface area contributed by atoms with Crippen molar-refractivity contribution in [3.05, 3.63) is 12.4 Å². The van der Waals surface area contributed by atoms with E-state index in [4.69, 9.17) is 5.73 Å². The highest BCUT2D eigenvalue weighted by Crippen LogP contribution is 2.51. The van der Waals surface area contributed by atoms with Gasteiger partial charge in [-0.1, -0.05) is 0 Å². The van der Waals surface area contributed by atoms with Crippen molar-refractivity contribution in [2.75, 3.05) is 11.6 Å². The molecule has 2 fully saturated rings. The Morgan fingerprint density at radius 1 is 1.31 bits per heavy atom. The van der Waals surface area contributed by atoms with Gasteiger partial charge in [0.15, 0.2) is 0 Å². The first-order valence-corrected chi connectivity index (χ1v) is 6.88. The van der Waals surface area contributed by atoms with Crippen molar-refractivity contribution < 1.29 is 0 Å². The number of rotatable bonds is 3. The Labute approximate surface area is 99.4 Å². The van der Waals surface area contributed by atoms with Gasteiger partial charge in [0.1, 0.15) is 0 Å². The zero-order valence-electron chi connectivity index (χ0n) is 9.26. The third-order valence-electron chi connectivity index (χ3n) is 3.66. The van der Waals surface area contributed by atoms with E-state index in [1.54, 1.807) is 11.8 Å². The van der Waals surface area contributed by atoms with Crippen molar-refractivity contribution in [1.82, 2.24) is 9.97 Å². The van der Waals surface area contributed by atoms with Crippen LogP contribution in [0.5, 0.6) is 0 Å². The monoisotopic (exact) mass is 236 g/mol. The molecule has 86 valence electrons. The molecule has 4 nitrogen and oxygen atoms in total. The summed E-state index contributed by atoms with van der Waals surface area (Å²) in [6.07, 6.45) is 8.08. The van der Waals surface area contributed by atoms with Crippen molar-refractivity contribution in [2.45, 2.75) is 29.8 Å². The van der Waals surface area contributed by atoms with Crippen LogP contribution in [0.1, 0.15) is 12.8 Å². The third kappa shape index (κ3) is 1.78. The average Bonchev–Trinajstić information content (AvgIpc) is 3.04. The van der Waals surface area contributed by atoms with Gasteiger partial charge in [-0.3, -0.25) is 0 Å². The summed E-state index contributed by atoms with van der Waals surface area (Å²) in [5, 5.41) is 3.40. The van der Waals surface area contributed by atoms with Crippen LogP contribution in [0.25, 0.3) is 0 Å². The van der Waals surface area contributed by atoms with E-state index in [1.807, 2.05) is 18.6 Å². The molecule has 5 heteroatoms. The Bertz CT molecular complexity index is 380. The van der Waals surface area contributed by atoms with Crippen LogP contribution in [0.3, 0.4) is 0 Å². The number of nitrogens with zero attached hydrogens (tertiary/aromatic N) is 2. The summed E-state index contributed by atoms with van der Waals surface area (Å²) in [5.74, 6) is 2.25. The summed E-state index contributed by atoms with van der Waals surface area (Å²) in [4.78, 5) is 9.71. The number of thioether (sulfide) groups is 1. The van der Waals surface area contributed by atoms with Gasteiger partial charge in [0, 0.05) is 29.4 Å². The number of anilines is 1. The third-order valence-corrected chi connectivity index (χ3v) is 4.34. The fraction of sp³-hybridized carbons (Fsp3) is 0.636. The maximum absolute atomic E-state index is 6.03. The van der Waals surface area contributed by atoms with Gasteiger partial charge in [-0.2, -0.15) is 0 Å². The van der Waals surface area contributed by atoms with Crippen LogP contribution in [0.4, 0.5) is 5.95 Å². The number of aromatic nitrogens is 2. The largest absolute Gasteiger partial charge is 0.351 e. The predicted molar refractivity (Wildman–Crippen MR) is 65.4 cm³/mol. The topological polar surface area (TPSA) is 63.8 Å². The first-order valence-electron chi connectivity index (χ1n) is 5.66. The maximum Gasteiger partial charge on any atom is 0.222 e. The zero-order valence-corrected chi connectivity index (χ0v) is 10.1. The van der Waals surface area contributed by atoms with E-state index >= 15 is 0 Å². The van der Waals surface area contributed by atoms with E-state index < -0.39 is 0 Å². The SMILES string of the molecule is CSc1cnc(NC2CC(N)C3CC23)nc1. The first kappa shape index (κ1) is 10.4. The molecule has 1 heterocycles. The number of nitrogens with one attached hydrogen (secondary N) is 1. The summed E-state index contributed by atoms with van der Waals surface area (Å²) in [6, 6.07) is 0.869. The lowest BCUT2D eigenvalue weighted by Gasteiger charge is -2.15. The second-order valence-corrected chi connectivity index (χ2v) is 5.54.